The van der Waals surface area contributed by atoms with Crippen LogP contribution in [0.25, 0.3) is 0 Å². The standard InChI is InChI=1S/C60H92O6/c1-4-7-10-13-16-19-22-25-27-29-30-31-33-35-38-41-44-47-50-53-59(62)65-56-57(55-64-58(61)52-49-46-43-40-37-34-24-21-18-15-12-9-6-3)66-60(63)54-51-48-45-42-39-36-32-28-26-23-20-17-14-11-8-5-2/h7-12,15-21,24-28,34,36-37,39,45,48,57H,4-6,13-14,22-23,29-33,35,38,40-44,46-47,49-56H2,1-3H3/b10-7-,11-8-,12-9-,18-15-,19-16-,20-17-,24-21-,27-25-,28-26-,37-34-,39-36-,48-45-. The summed E-state index contributed by atoms with van der Waals surface area (Å²) in [5.41, 5.74) is 0. The molecule has 0 aliphatic rings. The van der Waals surface area contributed by atoms with Crippen LogP contribution in [0.2, 0.25) is 0 Å². The van der Waals surface area contributed by atoms with Crippen molar-refractivity contribution in [2.45, 2.75) is 200 Å². The molecule has 0 saturated heterocycles. The maximum atomic E-state index is 12.8. The fraction of sp³-hybridized carbons (Fsp3) is 0.550. The Bertz CT molecular complexity index is 1510. The van der Waals surface area contributed by atoms with Crippen molar-refractivity contribution in [1.29, 1.82) is 0 Å². The van der Waals surface area contributed by atoms with Crippen LogP contribution in [-0.4, -0.2) is 37.2 Å². The number of unbranched alkanes of at least 4 members (excludes halogenated alkanes) is 12. The monoisotopic (exact) mass is 909 g/mol. The molecule has 0 radical (unpaired) electrons. The Labute approximate surface area is 404 Å². The van der Waals surface area contributed by atoms with Gasteiger partial charge in [0.25, 0.3) is 0 Å². The molecule has 0 fully saturated rings. The summed E-state index contributed by atoms with van der Waals surface area (Å²) in [5, 5.41) is 0. The van der Waals surface area contributed by atoms with Crippen LogP contribution in [0.1, 0.15) is 194 Å². The number of rotatable bonds is 44. The van der Waals surface area contributed by atoms with Crippen LogP contribution in [0.5, 0.6) is 0 Å². The summed E-state index contributed by atoms with van der Waals surface area (Å²) in [6.45, 7) is 6.15. The van der Waals surface area contributed by atoms with E-state index in [1.807, 2.05) is 48.6 Å². The van der Waals surface area contributed by atoms with Gasteiger partial charge in [0.05, 0.1) is 0 Å². The molecule has 6 nitrogen and oxygen atoms in total. The number of carbonyl (C=O) groups excluding carboxylic acids is 3. The van der Waals surface area contributed by atoms with E-state index in [2.05, 4.69) is 118 Å². The smallest absolute Gasteiger partial charge is 0.306 e. The van der Waals surface area contributed by atoms with E-state index >= 15 is 0 Å². The van der Waals surface area contributed by atoms with E-state index in [-0.39, 0.29) is 38.0 Å². The summed E-state index contributed by atoms with van der Waals surface area (Å²) in [6.07, 6.45) is 75.6. The lowest BCUT2D eigenvalue weighted by molar-refractivity contribution is -0.166. The first kappa shape index (κ1) is 61.3. The Morgan fingerprint density at radius 2 is 0.652 bits per heavy atom. The van der Waals surface area contributed by atoms with Gasteiger partial charge in [0.2, 0.25) is 0 Å². The van der Waals surface area contributed by atoms with Crippen molar-refractivity contribution < 1.29 is 28.6 Å². The van der Waals surface area contributed by atoms with E-state index < -0.39 is 12.1 Å². The number of ether oxygens (including phenoxy) is 3. The van der Waals surface area contributed by atoms with E-state index in [4.69, 9.17) is 14.2 Å². The second-order valence-electron chi connectivity index (χ2n) is 16.4. The molecule has 368 valence electrons. The summed E-state index contributed by atoms with van der Waals surface area (Å²) < 4.78 is 16.7. The van der Waals surface area contributed by atoms with E-state index in [9.17, 15) is 14.4 Å². The Balaban J connectivity index is 4.55. The van der Waals surface area contributed by atoms with E-state index in [1.54, 1.807) is 0 Å². The van der Waals surface area contributed by atoms with Crippen LogP contribution in [0.3, 0.4) is 0 Å². The SMILES string of the molecule is CC\C=C/C=C\C=C/C=C\CCCCCC(=O)OCC(COC(=O)CCCCCCCCCCC/C=C\C/C=C\C/C=C\CC)OC(=O)CC/C=C\C/C=C\C/C=C\C/C=C\C/C=C\CC. The van der Waals surface area contributed by atoms with Crippen molar-refractivity contribution in [2.24, 2.45) is 0 Å². The molecule has 0 saturated carbocycles. The maximum absolute atomic E-state index is 12.8. The highest BCUT2D eigenvalue weighted by Crippen LogP contribution is 2.13. The van der Waals surface area contributed by atoms with Crippen LogP contribution in [-0.2, 0) is 28.6 Å². The average molecular weight is 909 g/mol. The lowest BCUT2D eigenvalue weighted by Crippen LogP contribution is -2.30. The van der Waals surface area contributed by atoms with Crippen molar-refractivity contribution in [1.82, 2.24) is 0 Å². The highest BCUT2D eigenvalue weighted by molar-refractivity contribution is 5.71. The van der Waals surface area contributed by atoms with Gasteiger partial charge in [-0.15, -0.1) is 0 Å². The van der Waals surface area contributed by atoms with Crippen LogP contribution >= 0.6 is 0 Å². The van der Waals surface area contributed by atoms with Gasteiger partial charge in [-0.3, -0.25) is 14.4 Å². The molecule has 0 aliphatic heterocycles. The van der Waals surface area contributed by atoms with E-state index in [0.717, 1.165) is 109 Å². The molecular formula is C60H92O6. The van der Waals surface area contributed by atoms with Gasteiger partial charge in [-0.25, -0.2) is 0 Å². The first-order valence-corrected chi connectivity index (χ1v) is 25.9. The summed E-state index contributed by atoms with van der Waals surface area (Å²) in [4.78, 5) is 38.0. The molecule has 66 heavy (non-hydrogen) atoms. The third-order valence-corrected chi connectivity index (χ3v) is 10.2. The van der Waals surface area contributed by atoms with Gasteiger partial charge < -0.3 is 14.2 Å². The van der Waals surface area contributed by atoms with Gasteiger partial charge in [0.1, 0.15) is 13.2 Å². The number of hydrogen-bond donors (Lipinski definition) is 0. The zero-order valence-corrected chi connectivity index (χ0v) is 41.9. The maximum Gasteiger partial charge on any atom is 0.306 e. The summed E-state index contributed by atoms with van der Waals surface area (Å²) in [7, 11) is 0. The molecule has 0 aromatic carbocycles. The minimum Gasteiger partial charge on any atom is -0.462 e. The Morgan fingerprint density at radius 1 is 0.318 bits per heavy atom. The third kappa shape index (κ3) is 50.3. The molecule has 0 bridgehead atoms. The predicted octanol–water partition coefficient (Wildman–Crippen LogP) is 17.3. The van der Waals surface area contributed by atoms with Crippen molar-refractivity contribution >= 4 is 17.9 Å². The van der Waals surface area contributed by atoms with Crippen LogP contribution in [0, 0.1) is 0 Å². The van der Waals surface area contributed by atoms with Crippen molar-refractivity contribution in [3.63, 3.8) is 0 Å². The molecule has 0 aromatic rings. The normalized spacial score (nSPS) is 13.3. The molecule has 0 spiro atoms. The Morgan fingerprint density at radius 3 is 1.11 bits per heavy atom. The summed E-state index contributed by atoms with van der Waals surface area (Å²) in [6, 6.07) is 0. The molecular weight excluding hydrogens is 817 g/mol. The average Bonchev–Trinajstić information content (AvgIpc) is 3.31. The lowest BCUT2D eigenvalue weighted by atomic mass is 10.1. The molecule has 0 aromatic heterocycles. The molecule has 0 N–H and O–H groups in total. The van der Waals surface area contributed by atoms with Crippen LogP contribution in [0.4, 0.5) is 0 Å². The number of esters is 3. The number of allylic oxidation sites excluding steroid dienone is 24. The minimum absolute atomic E-state index is 0.130. The zero-order valence-electron chi connectivity index (χ0n) is 41.9. The van der Waals surface area contributed by atoms with Gasteiger partial charge in [-0.2, -0.15) is 0 Å². The first-order chi connectivity index (χ1) is 32.5. The highest BCUT2D eigenvalue weighted by Gasteiger charge is 2.19. The van der Waals surface area contributed by atoms with Crippen molar-refractivity contribution in [3.05, 3.63) is 146 Å². The second-order valence-corrected chi connectivity index (χ2v) is 16.4. The molecule has 0 aliphatic carbocycles. The number of carbonyl (C=O) groups is 3. The van der Waals surface area contributed by atoms with Crippen molar-refractivity contribution in [2.75, 3.05) is 13.2 Å². The lowest BCUT2D eigenvalue weighted by Gasteiger charge is -2.18. The second kappa shape index (κ2) is 52.9. The molecule has 0 rings (SSSR count). The van der Waals surface area contributed by atoms with E-state index in [1.165, 1.54) is 38.5 Å². The van der Waals surface area contributed by atoms with Gasteiger partial charge in [-0.1, -0.05) is 218 Å². The number of hydrogen-bond acceptors (Lipinski definition) is 6. The fourth-order valence-corrected chi connectivity index (χ4v) is 6.40. The molecule has 1 atom stereocenters. The summed E-state index contributed by atoms with van der Waals surface area (Å²) in [5.74, 6) is -1.07. The molecule has 1 unspecified atom stereocenters. The van der Waals surface area contributed by atoms with Crippen molar-refractivity contribution in [3.8, 4) is 0 Å². The first-order valence-electron chi connectivity index (χ1n) is 25.9. The van der Waals surface area contributed by atoms with E-state index in [0.29, 0.717) is 12.8 Å². The molecule has 0 heterocycles. The quantitative estimate of drug-likeness (QED) is 0.0199. The largest absolute Gasteiger partial charge is 0.462 e. The Hall–Kier alpha value is -4.71. The zero-order chi connectivity index (χ0) is 47.9. The molecule has 0 amide bonds. The fourth-order valence-electron chi connectivity index (χ4n) is 6.40. The predicted molar refractivity (Wildman–Crippen MR) is 283 cm³/mol. The van der Waals surface area contributed by atoms with Crippen LogP contribution in [0.15, 0.2) is 146 Å². The van der Waals surface area contributed by atoms with Gasteiger partial charge >= 0.3 is 17.9 Å². The van der Waals surface area contributed by atoms with Crippen LogP contribution < -0.4 is 0 Å². The third-order valence-electron chi connectivity index (χ3n) is 10.2. The topological polar surface area (TPSA) is 78.9 Å². The summed E-state index contributed by atoms with van der Waals surface area (Å²) >= 11 is 0. The Kier molecular flexibility index (Phi) is 49.1. The highest BCUT2D eigenvalue weighted by atomic mass is 16.6. The van der Waals surface area contributed by atoms with Gasteiger partial charge in [-0.05, 0) is 103 Å². The van der Waals surface area contributed by atoms with Gasteiger partial charge in [0, 0.05) is 19.3 Å². The minimum atomic E-state index is -0.842. The molecule has 6 heteroatoms. The van der Waals surface area contributed by atoms with Gasteiger partial charge in [0.15, 0.2) is 6.10 Å².